The van der Waals surface area contributed by atoms with Crippen molar-refractivity contribution >= 4 is 6.47 Å². The summed E-state index contributed by atoms with van der Waals surface area (Å²) in [6.45, 7) is -0.0694. The Morgan fingerprint density at radius 1 is 1.80 bits per heavy atom. The Labute approximate surface area is 28.9 Å². The summed E-state index contributed by atoms with van der Waals surface area (Å²) in [6, 6.07) is 0. The third-order valence-electron chi connectivity index (χ3n) is 0.0430. The predicted octanol–water partition coefficient (Wildman–Crippen LogP) is 0.00860. The van der Waals surface area contributed by atoms with Gasteiger partial charge in [0.05, 0.1) is 0 Å². The van der Waals surface area contributed by atoms with Crippen LogP contribution in [0.15, 0.2) is 0 Å². The molecule has 0 saturated heterocycles. The van der Waals surface area contributed by atoms with Gasteiger partial charge in [-0.05, 0) is 0 Å². The smallest absolute Gasteiger partial charge is 0.330 e. The van der Waals surface area contributed by atoms with Crippen LogP contribution in [-0.4, -0.2) is 11.7 Å². The van der Waals surface area contributed by atoms with Crippen molar-refractivity contribution in [3.63, 3.8) is 0 Å². The molecule has 0 aromatic rings. The maximum Gasteiger partial charge on any atom is 0.330 e. The molecule has 32 valence electrons. The summed E-state index contributed by atoms with van der Waals surface area (Å²) in [5, 5.41) is 7.01. The highest BCUT2D eigenvalue weighted by atomic mass is 17.1. The maximum atomic E-state index is 8.70. The van der Waals surface area contributed by atoms with Gasteiger partial charge in [0.1, 0.15) is 0 Å². The highest BCUT2D eigenvalue weighted by Crippen LogP contribution is 1.33. The lowest BCUT2D eigenvalue weighted by atomic mass is 11.7. The van der Waals surface area contributed by atoms with Crippen LogP contribution in [-0.2, 0) is 9.68 Å². The van der Waals surface area contributed by atoms with Crippen LogP contribution in [0.1, 0.15) is 0 Å². The van der Waals surface area contributed by atoms with Crippen LogP contribution >= 0.6 is 0 Å². The summed E-state index contributed by atoms with van der Waals surface area (Å²) in [7, 11) is 0. The first kappa shape index (κ1) is 8.83. The van der Waals surface area contributed by atoms with Crippen LogP contribution < -0.4 is 6.15 Å². The van der Waals surface area contributed by atoms with E-state index in [1.165, 1.54) is 0 Å². The SMILES string of the molecule is O=COO.[NH4+]. The molecule has 0 atom stereocenters. The molecule has 0 unspecified atom stereocenters. The van der Waals surface area contributed by atoms with Crippen LogP contribution in [0.2, 0.25) is 0 Å². The Bertz CT molecular complexity index is 20.9. The summed E-state index contributed by atoms with van der Waals surface area (Å²) in [4.78, 5) is 11.6. The van der Waals surface area contributed by atoms with Crippen molar-refractivity contribution in [3.8, 4) is 0 Å². The molecule has 0 spiro atoms. The fourth-order valence-corrected chi connectivity index (χ4v) is 0. The van der Waals surface area contributed by atoms with Crippen LogP contribution in [0.5, 0.6) is 0 Å². The molecule has 0 fully saturated rings. The molecule has 0 aromatic heterocycles. The lowest BCUT2D eigenvalue weighted by Gasteiger charge is -1.63. The van der Waals surface area contributed by atoms with Gasteiger partial charge in [0.15, 0.2) is 0 Å². The minimum absolute atomic E-state index is 0. The molecule has 0 rings (SSSR count). The van der Waals surface area contributed by atoms with Gasteiger partial charge in [-0.15, -0.1) is 0 Å². The second-order valence-electron chi connectivity index (χ2n) is 0.202. The van der Waals surface area contributed by atoms with Crippen molar-refractivity contribution in [2.75, 3.05) is 0 Å². The zero-order valence-electron chi connectivity index (χ0n) is 2.84. The summed E-state index contributed by atoms with van der Waals surface area (Å²) in [5.41, 5.74) is 0. The van der Waals surface area contributed by atoms with Gasteiger partial charge in [0.2, 0.25) is 0 Å². The van der Waals surface area contributed by atoms with Gasteiger partial charge in [0.25, 0.3) is 0 Å². The van der Waals surface area contributed by atoms with E-state index in [0.717, 1.165) is 0 Å². The van der Waals surface area contributed by atoms with Crippen molar-refractivity contribution in [1.82, 2.24) is 6.15 Å². The lowest BCUT2D eigenvalue weighted by Crippen LogP contribution is -1.69. The second-order valence-corrected chi connectivity index (χ2v) is 0.202. The molecule has 4 heteroatoms. The number of rotatable bonds is 1. The summed E-state index contributed by atoms with van der Waals surface area (Å²) in [6.07, 6.45) is 0. The van der Waals surface area contributed by atoms with Crippen LogP contribution in [0.25, 0.3) is 0 Å². The zero-order chi connectivity index (χ0) is 3.41. The van der Waals surface area contributed by atoms with Crippen LogP contribution in [0.3, 0.4) is 0 Å². The number of carbonyl (C=O) groups is 1. The normalized spacial score (nSPS) is 4.20. The van der Waals surface area contributed by atoms with Gasteiger partial charge in [0, 0.05) is 0 Å². The molecule has 0 heterocycles. The Morgan fingerprint density at radius 3 is 2.00 bits per heavy atom. The average molecular weight is 80.1 g/mol. The summed E-state index contributed by atoms with van der Waals surface area (Å²) < 4.78 is 0. The minimum Gasteiger partial charge on any atom is -0.369 e. The molecule has 0 aliphatic carbocycles. The standard InChI is InChI=1S/CH2O3.H3N/c2-1-4-3;/h1,3H;1H3/p+1. The maximum absolute atomic E-state index is 8.70. The van der Waals surface area contributed by atoms with Gasteiger partial charge < -0.3 is 11.0 Å². The number of quaternary nitrogens is 1. The first-order valence-electron chi connectivity index (χ1n) is 0.654. The summed E-state index contributed by atoms with van der Waals surface area (Å²) >= 11 is 0. The van der Waals surface area contributed by atoms with E-state index in [1.807, 2.05) is 0 Å². The van der Waals surface area contributed by atoms with Gasteiger partial charge >= 0.3 is 6.47 Å². The minimum atomic E-state index is -0.0694. The van der Waals surface area contributed by atoms with Crippen molar-refractivity contribution in [2.45, 2.75) is 0 Å². The number of hydrogen-bond donors (Lipinski definition) is 2. The van der Waals surface area contributed by atoms with Gasteiger partial charge in [-0.1, -0.05) is 0 Å². The van der Waals surface area contributed by atoms with Crippen molar-refractivity contribution < 1.29 is 14.9 Å². The van der Waals surface area contributed by atoms with Crippen LogP contribution in [0, 0.1) is 0 Å². The molecule has 5 N–H and O–H groups in total. The number of hydrogen-bond acceptors (Lipinski definition) is 3. The predicted molar refractivity (Wildman–Crippen MR) is 15.8 cm³/mol. The summed E-state index contributed by atoms with van der Waals surface area (Å²) in [5.74, 6) is 0. The van der Waals surface area contributed by atoms with E-state index in [4.69, 9.17) is 10.1 Å². The Hall–Kier alpha value is -0.610. The van der Waals surface area contributed by atoms with E-state index in [9.17, 15) is 0 Å². The molecule has 4 nitrogen and oxygen atoms in total. The quantitative estimate of drug-likeness (QED) is 0.264. The van der Waals surface area contributed by atoms with E-state index in [-0.39, 0.29) is 12.6 Å². The molecule has 0 aromatic carbocycles. The van der Waals surface area contributed by atoms with Gasteiger partial charge in [-0.25, -0.2) is 5.26 Å². The molecular formula is CH6NO3+. The molecule has 0 amide bonds. The molecule has 0 radical (unpaired) electrons. The van der Waals surface area contributed by atoms with E-state index in [0.29, 0.717) is 0 Å². The molecule has 0 saturated carbocycles. The van der Waals surface area contributed by atoms with Gasteiger partial charge in [-0.3, -0.25) is 4.79 Å². The lowest BCUT2D eigenvalue weighted by molar-refractivity contribution is -0.217. The monoisotopic (exact) mass is 80.0 g/mol. The van der Waals surface area contributed by atoms with E-state index >= 15 is 0 Å². The molecule has 5 heavy (non-hydrogen) atoms. The van der Waals surface area contributed by atoms with Crippen LogP contribution in [0.4, 0.5) is 0 Å². The first-order chi connectivity index (χ1) is 1.91. The molecule has 0 bridgehead atoms. The fraction of sp³-hybridized carbons (Fsp3) is 0. The third kappa shape index (κ3) is 43.1. The molecular weight excluding hydrogens is 74.0 g/mol. The molecule has 0 aliphatic rings. The fourth-order valence-electron chi connectivity index (χ4n) is 0. The Morgan fingerprint density at radius 2 is 2.00 bits per heavy atom. The van der Waals surface area contributed by atoms with E-state index in [2.05, 4.69) is 4.89 Å². The highest BCUT2D eigenvalue weighted by Gasteiger charge is 1.47. The Balaban J connectivity index is 0. The van der Waals surface area contributed by atoms with E-state index < -0.39 is 0 Å². The zero-order valence-corrected chi connectivity index (χ0v) is 2.84. The van der Waals surface area contributed by atoms with Crippen molar-refractivity contribution in [1.29, 1.82) is 0 Å². The topological polar surface area (TPSA) is 83.0 Å². The largest absolute Gasteiger partial charge is 0.369 e. The third-order valence-corrected chi connectivity index (χ3v) is 0.0430. The van der Waals surface area contributed by atoms with E-state index in [1.54, 1.807) is 0 Å². The second kappa shape index (κ2) is 10.0. The highest BCUT2D eigenvalue weighted by molar-refractivity contribution is 5.35. The number of carbonyl (C=O) groups excluding carboxylic acids is 1. The first-order valence-corrected chi connectivity index (χ1v) is 0.654. The van der Waals surface area contributed by atoms with Crippen molar-refractivity contribution in [3.05, 3.63) is 0 Å². The van der Waals surface area contributed by atoms with Crippen molar-refractivity contribution in [2.24, 2.45) is 0 Å². The van der Waals surface area contributed by atoms with Gasteiger partial charge in [-0.2, -0.15) is 0 Å². The Kier molecular flexibility index (Phi) is 17.7. The molecule has 0 aliphatic heterocycles. The average Bonchev–Trinajstić information content (AvgIpc) is 1.37.